The SMILES string of the molecule is COc1cc(C(C)(C)C)cc(C=NN=C2NC(=O)CS2)c1O. The topological polar surface area (TPSA) is 83.3 Å². The summed E-state index contributed by atoms with van der Waals surface area (Å²) in [5, 5.41) is 21.1. The summed E-state index contributed by atoms with van der Waals surface area (Å²) >= 11 is 1.29. The highest BCUT2D eigenvalue weighted by Gasteiger charge is 2.19. The average molecular weight is 321 g/mol. The van der Waals surface area contributed by atoms with Crippen molar-refractivity contribution in [2.45, 2.75) is 26.2 Å². The molecule has 1 amide bonds. The number of carbonyl (C=O) groups is 1. The van der Waals surface area contributed by atoms with Gasteiger partial charge in [-0.2, -0.15) is 5.10 Å². The number of thioether (sulfide) groups is 1. The van der Waals surface area contributed by atoms with E-state index in [0.717, 1.165) is 5.56 Å². The van der Waals surface area contributed by atoms with Gasteiger partial charge in [0.2, 0.25) is 5.91 Å². The maximum absolute atomic E-state index is 11.1. The van der Waals surface area contributed by atoms with Gasteiger partial charge in [-0.25, -0.2) is 0 Å². The zero-order valence-corrected chi connectivity index (χ0v) is 13.8. The second-order valence-electron chi connectivity index (χ2n) is 5.85. The van der Waals surface area contributed by atoms with Crippen molar-refractivity contribution >= 4 is 29.1 Å². The number of nitrogens with zero attached hydrogens (tertiary/aromatic N) is 2. The first-order chi connectivity index (χ1) is 10.3. The fourth-order valence-electron chi connectivity index (χ4n) is 1.84. The maximum atomic E-state index is 11.1. The van der Waals surface area contributed by atoms with Crippen molar-refractivity contribution in [2.75, 3.05) is 12.9 Å². The Hall–Kier alpha value is -2.02. The van der Waals surface area contributed by atoms with Crippen molar-refractivity contribution < 1.29 is 14.6 Å². The van der Waals surface area contributed by atoms with Crippen LogP contribution in [0.3, 0.4) is 0 Å². The first-order valence-corrected chi connectivity index (χ1v) is 7.75. The number of phenolic OH excluding ortho intramolecular Hbond substituents is 1. The van der Waals surface area contributed by atoms with Crippen LogP contribution in [0.4, 0.5) is 0 Å². The van der Waals surface area contributed by atoms with Crippen molar-refractivity contribution in [2.24, 2.45) is 10.2 Å². The summed E-state index contributed by atoms with van der Waals surface area (Å²) in [7, 11) is 1.51. The second-order valence-corrected chi connectivity index (χ2v) is 6.82. The van der Waals surface area contributed by atoms with Gasteiger partial charge in [0.25, 0.3) is 0 Å². The molecular weight excluding hydrogens is 302 g/mol. The van der Waals surface area contributed by atoms with Gasteiger partial charge < -0.3 is 15.2 Å². The number of nitrogens with one attached hydrogen (secondary N) is 1. The summed E-state index contributed by atoms with van der Waals surface area (Å²) in [5.41, 5.74) is 1.44. The van der Waals surface area contributed by atoms with Crippen LogP contribution in [0.1, 0.15) is 31.9 Å². The number of hydrogen-bond acceptors (Lipinski definition) is 6. The van der Waals surface area contributed by atoms with Crippen LogP contribution in [0, 0.1) is 0 Å². The smallest absolute Gasteiger partial charge is 0.236 e. The van der Waals surface area contributed by atoms with Crippen LogP contribution < -0.4 is 10.1 Å². The van der Waals surface area contributed by atoms with E-state index in [1.807, 2.05) is 12.1 Å². The molecule has 0 radical (unpaired) electrons. The molecule has 7 heteroatoms. The van der Waals surface area contributed by atoms with Gasteiger partial charge in [0, 0.05) is 5.56 Å². The first kappa shape index (κ1) is 16.4. The molecule has 0 saturated carbocycles. The summed E-state index contributed by atoms with van der Waals surface area (Å²) < 4.78 is 5.21. The molecule has 0 bridgehead atoms. The first-order valence-electron chi connectivity index (χ1n) is 6.76. The van der Waals surface area contributed by atoms with Crippen molar-refractivity contribution in [3.8, 4) is 11.5 Å². The lowest BCUT2D eigenvalue weighted by Gasteiger charge is -2.21. The highest BCUT2D eigenvalue weighted by Crippen LogP contribution is 2.35. The minimum Gasteiger partial charge on any atom is -0.504 e. The van der Waals surface area contributed by atoms with Gasteiger partial charge in [0.1, 0.15) is 0 Å². The van der Waals surface area contributed by atoms with Gasteiger partial charge in [-0.1, -0.05) is 32.5 Å². The molecule has 0 aromatic heterocycles. The number of amides is 1. The van der Waals surface area contributed by atoms with Crippen LogP contribution in [0.5, 0.6) is 11.5 Å². The normalized spacial score (nSPS) is 17.3. The van der Waals surface area contributed by atoms with Crippen molar-refractivity contribution in [1.82, 2.24) is 5.32 Å². The molecule has 118 valence electrons. The Morgan fingerprint density at radius 1 is 1.41 bits per heavy atom. The van der Waals surface area contributed by atoms with E-state index in [1.165, 1.54) is 25.1 Å². The molecule has 0 unspecified atom stereocenters. The van der Waals surface area contributed by atoms with Gasteiger partial charge in [-0.05, 0) is 23.1 Å². The fraction of sp³-hybridized carbons (Fsp3) is 0.400. The van der Waals surface area contributed by atoms with Gasteiger partial charge in [0.05, 0.1) is 19.1 Å². The van der Waals surface area contributed by atoms with Crippen molar-refractivity contribution in [3.63, 3.8) is 0 Å². The number of ether oxygens (including phenoxy) is 1. The number of methoxy groups -OCH3 is 1. The second kappa shape index (κ2) is 6.39. The molecular formula is C15H19N3O3S. The van der Waals surface area contributed by atoms with E-state index >= 15 is 0 Å². The Labute approximate surface area is 133 Å². The summed E-state index contributed by atoms with van der Waals surface area (Å²) in [6, 6.07) is 3.66. The Morgan fingerprint density at radius 3 is 2.68 bits per heavy atom. The molecule has 2 rings (SSSR count). The van der Waals surface area contributed by atoms with Crippen LogP contribution in [0.15, 0.2) is 22.3 Å². The quantitative estimate of drug-likeness (QED) is 0.661. The van der Waals surface area contributed by atoms with Crippen molar-refractivity contribution in [3.05, 3.63) is 23.3 Å². The fourth-order valence-corrected chi connectivity index (χ4v) is 2.47. The molecule has 1 aliphatic rings. The summed E-state index contributed by atoms with van der Waals surface area (Å²) in [6.07, 6.45) is 1.45. The zero-order valence-electron chi connectivity index (χ0n) is 13.0. The third-order valence-corrected chi connectivity index (χ3v) is 3.99. The number of carbonyl (C=O) groups excluding carboxylic acids is 1. The predicted molar refractivity (Wildman–Crippen MR) is 89.0 cm³/mol. The molecule has 2 N–H and O–H groups in total. The van der Waals surface area contributed by atoms with Gasteiger partial charge in [0.15, 0.2) is 16.7 Å². The van der Waals surface area contributed by atoms with E-state index < -0.39 is 0 Å². The van der Waals surface area contributed by atoms with Crippen LogP contribution in [-0.4, -0.2) is 35.3 Å². The largest absolute Gasteiger partial charge is 0.504 e. The van der Waals surface area contributed by atoms with E-state index in [1.54, 1.807) is 0 Å². The van der Waals surface area contributed by atoms with Crippen molar-refractivity contribution in [1.29, 1.82) is 0 Å². The molecule has 1 fully saturated rings. The molecule has 1 aromatic carbocycles. The molecule has 0 spiro atoms. The number of aromatic hydroxyl groups is 1. The average Bonchev–Trinajstić information content (AvgIpc) is 2.85. The van der Waals surface area contributed by atoms with Gasteiger partial charge >= 0.3 is 0 Å². The van der Waals surface area contributed by atoms with E-state index in [-0.39, 0.29) is 17.1 Å². The van der Waals surface area contributed by atoms with E-state index in [2.05, 4.69) is 36.3 Å². The van der Waals surface area contributed by atoms with E-state index in [0.29, 0.717) is 22.2 Å². The Balaban J connectivity index is 2.31. The molecule has 22 heavy (non-hydrogen) atoms. The summed E-state index contributed by atoms with van der Waals surface area (Å²) in [6.45, 7) is 6.22. The monoisotopic (exact) mass is 321 g/mol. The van der Waals surface area contributed by atoms with Crippen LogP contribution in [0.25, 0.3) is 0 Å². The zero-order chi connectivity index (χ0) is 16.3. The Morgan fingerprint density at radius 2 is 2.14 bits per heavy atom. The molecule has 0 atom stereocenters. The number of benzene rings is 1. The maximum Gasteiger partial charge on any atom is 0.236 e. The number of rotatable bonds is 3. The lowest BCUT2D eigenvalue weighted by Crippen LogP contribution is -2.19. The minimum atomic E-state index is -0.0925. The van der Waals surface area contributed by atoms with Gasteiger partial charge in [-0.3, -0.25) is 4.79 Å². The van der Waals surface area contributed by atoms with Crippen LogP contribution in [0.2, 0.25) is 0 Å². The summed E-state index contributed by atoms with van der Waals surface area (Å²) in [4.78, 5) is 11.1. The highest BCUT2D eigenvalue weighted by molar-refractivity contribution is 8.15. The standard InChI is InChI=1S/C15H19N3O3S/c1-15(2,3)10-5-9(13(20)11(6-10)21-4)7-16-18-14-17-12(19)8-22-14/h5-7,20H,8H2,1-4H3,(H,17,18,19). The molecule has 6 nitrogen and oxygen atoms in total. The molecule has 1 saturated heterocycles. The van der Waals surface area contributed by atoms with E-state index in [4.69, 9.17) is 4.74 Å². The van der Waals surface area contributed by atoms with Crippen LogP contribution >= 0.6 is 11.8 Å². The van der Waals surface area contributed by atoms with Crippen LogP contribution in [-0.2, 0) is 10.2 Å². The van der Waals surface area contributed by atoms with Gasteiger partial charge in [-0.15, -0.1) is 5.10 Å². The number of phenols is 1. The lowest BCUT2D eigenvalue weighted by atomic mass is 9.86. The summed E-state index contributed by atoms with van der Waals surface area (Å²) in [5.74, 6) is 0.679. The predicted octanol–water partition coefficient (Wildman–Crippen LogP) is 2.25. The highest BCUT2D eigenvalue weighted by atomic mass is 32.2. The number of hydrogen-bond donors (Lipinski definition) is 2. The molecule has 0 aliphatic carbocycles. The Kier molecular flexibility index (Phi) is 4.75. The third kappa shape index (κ3) is 3.79. The molecule has 1 aromatic rings. The lowest BCUT2D eigenvalue weighted by molar-refractivity contribution is -0.116. The Bertz CT molecular complexity index is 648. The third-order valence-electron chi connectivity index (χ3n) is 3.12. The molecule has 1 heterocycles. The number of amidine groups is 1. The minimum absolute atomic E-state index is 0.0163. The van der Waals surface area contributed by atoms with E-state index in [9.17, 15) is 9.90 Å². The molecule has 1 aliphatic heterocycles.